The molecule has 1 fully saturated rings. The summed E-state index contributed by atoms with van der Waals surface area (Å²) in [7, 11) is 0. The van der Waals surface area contributed by atoms with E-state index in [1.54, 1.807) is 0 Å². The van der Waals surface area contributed by atoms with Crippen molar-refractivity contribution in [3.63, 3.8) is 0 Å². The van der Waals surface area contributed by atoms with E-state index in [-0.39, 0.29) is 6.42 Å². The summed E-state index contributed by atoms with van der Waals surface area (Å²) in [5.41, 5.74) is 5.74. The summed E-state index contributed by atoms with van der Waals surface area (Å²) in [5.74, 6) is 1.22. The van der Waals surface area contributed by atoms with E-state index in [0.29, 0.717) is 24.8 Å². The normalized spacial score (nSPS) is 25.3. The molecule has 2 atom stereocenters. The van der Waals surface area contributed by atoms with Crippen molar-refractivity contribution in [3.8, 4) is 0 Å². The Morgan fingerprint density at radius 2 is 1.72 bits per heavy atom. The molecule has 0 heterocycles. The van der Waals surface area contributed by atoms with Crippen LogP contribution in [0.4, 0.5) is 13.2 Å². The molecule has 1 rings (SSSR count). The predicted molar refractivity (Wildman–Crippen MR) is 67.3 cm³/mol. The zero-order valence-electron chi connectivity index (χ0n) is 10.9. The first kappa shape index (κ1) is 15.8. The van der Waals surface area contributed by atoms with E-state index in [2.05, 4.69) is 5.32 Å². The summed E-state index contributed by atoms with van der Waals surface area (Å²) >= 11 is 0. The summed E-state index contributed by atoms with van der Waals surface area (Å²) in [6.07, 6.45) is 1.09. The summed E-state index contributed by atoms with van der Waals surface area (Å²) in [5, 5.41) is 3.28. The fourth-order valence-corrected chi connectivity index (χ4v) is 2.73. The number of hydrogen-bond donors (Lipinski definition) is 2. The minimum atomic E-state index is -4.01. The van der Waals surface area contributed by atoms with Gasteiger partial charge in [-0.05, 0) is 57.2 Å². The monoisotopic (exact) mass is 266 g/mol. The molecule has 108 valence electrons. The van der Waals surface area contributed by atoms with Gasteiger partial charge in [-0.15, -0.1) is 0 Å². The van der Waals surface area contributed by atoms with Gasteiger partial charge in [0.25, 0.3) is 0 Å². The van der Waals surface area contributed by atoms with Crippen LogP contribution in [-0.4, -0.2) is 25.8 Å². The van der Waals surface area contributed by atoms with Crippen molar-refractivity contribution in [1.82, 2.24) is 5.32 Å². The van der Waals surface area contributed by atoms with Crippen molar-refractivity contribution in [1.29, 1.82) is 0 Å². The van der Waals surface area contributed by atoms with Crippen molar-refractivity contribution < 1.29 is 13.2 Å². The number of halogens is 3. The van der Waals surface area contributed by atoms with E-state index in [1.165, 1.54) is 25.7 Å². The lowest BCUT2D eigenvalue weighted by Gasteiger charge is -2.30. The van der Waals surface area contributed by atoms with Gasteiger partial charge in [0.05, 0.1) is 0 Å². The van der Waals surface area contributed by atoms with Gasteiger partial charge in [-0.3, -0.25) is 0 Å². The molecular formula is C13H25F3N2. The fourth-order valence-electron chi connectivity index (χ4n) is 2.73. The third kappa shape index (κ3) is 6.59. The van der Waals surface area contributed by atoms with Crippen molar-refractivity contribution >= 4 is 0 Å². The molecular weight excluding hydrogens is 241 g/mol. The van der Waals surface area contributed by atoms with Crippen LogP contribution in [-0.2, 0) is 0 Å². The molecule has 1 saturated carbocycles. The molecule has 1 aliphatic rings. The van der Waals surface area contributed by atoms with Crippen LogP contribution in [0.1, 0.15) is 44.9 Å². The molecule has 0 aromatic heterocycles. The first-order valence-electron chi connectivity index (χ1n) is 7.00. The van der Waals surface area contributed by atoms with Crippen LogP contribution in [0.2, 0.25) is 0 Å². The summed E-state index contributed by atoms with van der Waals surface area (Å²) in [6, 6.07) is 0. The van der Waals surface area contributed by atoms with Gasteiger partial charge in [0.1, 0.15) is 0 Å². The second kappa shape index (κ2) is 8.00. The highest BCUT2D eigenvalue weighted by Gasteiger charge is 2.26. The first-order chi connectivity index (χ1) is 8.53. The summed E-state index contributed by atoms with van der Waals surface area (Å²) in [4.78, 5) is 0. The van der Waals surface area contributed by atoms with Crippen molar-refractivity contribution in [2.24, 2.45) is 17.6 Å². The average molecular weight is 266 g/mol. The molecule has 3 N–H and O–H groups in total. The molecule has 0 bridgehead atoms. The molecule has 2 unspecified atom stereocenters. The second-order valence-electron chi connectivity index (χ2n) is 5.32. The van der Waals surface area contributed by atoms with Gasteiger partial charge in [0, 0.05) is 6.42 Å². The Bertz CT molecular complexity index is 219. The van der Waals surface area contributed by atoms with E-state index in [9.17, 15) is 13.2 Å². The lowest BCUT2D eigenvalue weighted by molar-refractivity contribution is -0.135. The number of nitrogens with two attached hydrogens (primary N) is 1. The Morgan fingerprint density at radius 3 is 2.33 bits per heavy atom. The smallest absolute Gasteiger partial charge is 0.330 e. The van der Waals surface area contributed by atoms with E-state index in [0.717, 1.165) is 13.1 Å². The van der Waals surface area contributed by atoms with Gasteiger partial charge in [0.2, 0.25) is 0 Å². The molecule has 0 amide bonds. The molecule has 0 aromatic rings. The molecule has 18 heavy (non-hydrogen) atoms. The highest BCUT2D eigenvalue weighted by atomic mass is 19.4. The molecule has 0 aromatic carbocycles. The minimum Gasteiger partial charge on any atom is -0.330 e. The van der Waals surface area contributed by atoms with Crippen LogP contribution < -0.4 is 11.1 Å². The Kier molecular flexibility index (Phi) is 7.00. The van der Waals surface area contributed by atoms with Gasteiger partial charge in [-0.1, -0.05) is 12.8 Å². The van der Waals surface area contributed by atoms with E-state index < -0.39 is 12.6 Å². The van der Waals surface area contributed by atoms with Gasteiger partial charge in [-0.2, -0.15) is 13.2 Å². The molecule has 0 spiro atoms. The number of hydrogen-bond acceptors (Lipinski definition) is 2. The van der Waals surface area contributed by atoms with Crippen LogP contribution in [0, 0.1) is 11.8 Å². The summed E-state index contributed by atoms with van der Waals surface area (Å²) < 4.78 is 35.8. The van der Waals surface area contributed by atoms with Gasteiger partial charge in [-0.25, -0.2) is 0 Å². The highest BCUT2D eigenvalue weighted by molar-refractivity contribution is 4.77. The molecule has 2 nitrogen and oxygen atoms in total. The zero-order valence-corrected chi connectivity index (χ0v) is 10.9. The Labute approximate surface area is 107 Å². The number of nitrogens with one attached hydrogen (secondary N) is 1. The van der Waals surface area contributed by atoms with E-state index in [4.69, 9.17) is 5.73 Å². The van der Waals surface area contributed by atoms with Crippen LogP contribution in [0.3, 0.4) is 0 Å². The lowest BCUT2D eigenvalue weighted by atomic mass is 9.79. The van der Waals surface area contributed by atoms with E-state index in [1.807, 2.05) is 0 Å². The largest absolute Gasteiger partial charge is 0.389 e. The van der Waals surface area contributed by atoms with Crippen LogP contribution in [0.15, 0.2) is 0 Å². The zero-order chi connectivity index (χ0) is 13.4. The number of unbranched alkanes of at least 4 members (excludes halogenated alkanes) is 1. The predicted octanol–water partition coefficient (Wildman–Crippen LogP) is 3.07. The lowest BCUT2D eigenvalue weighted by Crippen LogP contribution is -2.34. The van der Waals surface area contributed by atoms with E-state index >= 15 is 0 Å². The SMILES string of the molecule is NCC1CCCCC1CNCCCCC(F)(F)F. The number of rotatable bonds is 7. The molecule has 5 heteroatoms. The van der Waals surface area contributed by atoms with Crippen LogP contribution >= 0.6 is 0 Å². The van der Waals surface area contributed by atoms with Crippen LogP contribution in [0.25, 0.3) is 0 Å². The van der Waals surface area contributed by atoms with Crippen molar-refractivity contribution in [2.45, 2.75) is 51.1 Å². The third-order valence-corrected chi connectivity index (χ3v) is 3.84. The topological polar surface area (TPSA) is 38.0 Å². The Hall–Kier alpha value is -0.290. The third-order valence-electron chi connectivity index (χ3n) is 3.84. The van der Waals surface area contributed by atoms with Gasteiger partial charge in [0.15, 0.2) is 0 Å². The Morgan fingerprint density at radius 1 is 1.06 bits per heavy atom. The van der Waals surface area contributed by atoms with Crippen molar-refractivity contribution in [3.05, 3.63) is 0 Å². The fraction of sp³-hybridized carbons (Fsp3) is 1.00. The maximum Gasteiger partial charge on any atom is 0.389 e. The van der Waals surface area contributed by atoms with Crippen molar-refractivity contribution in [2.75, 3.05) is 19.6 Å². The van der Waals surface area contributed by atoms with Gasteiger partial charge >= 0.3 is 6.18 Å². The minimum absolute atomic E-state index is 0.224. The van der Waals surface area contributed by atoms with Crippen LogP contribution in [0.5, 0.6) is 0 Å². The van der Waals surface area contributed by atoms with Gasteiger partial charge < -0.3 is 11.1 Å². The maximum atomic E-state index is 11.9. The maximum absolute atomic E-state index is 11.9. The molecule has 0 saturated heterocycles. The molecule has 0 aliphatic heterocycles. The molecule has 1 aliphatic carbocycles. The number of alkyl halides is 3. The highest BCUT2D eigenvalue weighted by Crippen LogP contribution is 2.28. The quantitative estimate of drug-likeness (QED) is 0.695. The summed E-state index contributed by atoms with van der Waals surface area (Å²) in [6.45, 7) is 2.33. The average Bonchev–Trinajstić information content (AvgIpc) is 2.32. The first-order valence-corrected chi connectivity index (χ1v) is 7.00. The Balaban J connectivity index is 2.03. The molecule has 0 radical (unpaired) electrons. The standard InChI is InChI=1S/C13H25F3N2/c14-13(15,16)7-3-4-8-18-10-12-6-2-1-5-11(12)9-17/h11-12,18H,1-10,17H2. The second-order valence-corrected chi connectivity index (χ2v) is 5.32.